The van der Waals surface area contributed by atoms with Crippen LogP contribution in [0.1, 0.15) is 19.3 Å². The third-order valence-corrected chi connectivity index (χ3v) is 3.32. The number of nitrogens with two attached hydrogens (primary N) is 1. The van der Waals surface area contributed by atoms with Gasteiger partial charge in [0.1, 0.15) is 5.75 Å². The van der Waals surface area contributed by atoms with E-state index in [0.717, 1.165) is 12.8 Å². The third kappa shape index (κ3) is 3.45. The molecule has 0 radical (unpaired) electrons. The van der Waals surface area contributed by atoms with E-state index in [9.17, 15) is 14.9 Å². The van der Waals surface area contributed by atoms with Gasteiger partial charge in [0.25, 0.3) is 5.69 Å². The number of carbonyl (C=O) groups is 1. The van der Waals surface area contributed by atoms with Crippen LogP contribution in [-0.4, -0.2) is 24.0 Å². The van der Waals surface area contributed by atoms with Crippen LogP contribution >= 0.6 is 0 Å². The van der Waals surface area contributed by atoms with Gasteiger partial charge in [0.2, 0.25) is 5.91 Å². The van der Waals surface area contributed by atoms with Crippen molar-refractivity contribution in [3.8, 4) is 5.75 Å². The summed E-state index contributed by atoms with van der Waals surface area (Å²) in [5, 5.41) is 13.4. The van der Waals surface area contributed by atoms with Gasteiger partial charge in [-0.3, -0.25) is 14.9 Å². The molecule has 108 valence electrons. The van der Waals surface area contributed by atoms with E-state index >= 15 is 0 Å². The van der Waals surface area contributed by atoms with Gasteiger partial charge in [-0.25, -0.2) is 0 Å². The van der Waals surface area contributed by atoms with Crippen molar-refractivity contribution in [1.29, 1.82) is 0 Å². The van der Waals surface area contributed by atoms with Gasteiger partial charge in [0, 0.05) is 24.6 Å². The molecular formula is C13H17N3O4. The Balaban J connectivity index is 2.07. The molecule has 3 N–H and O–H groups in total. The Morgan fingerprint density at radius 3 is 2.85 bits per heavy atom. The highest BCUT2D eigenvalue weighted by Gasteiger charge is 2.30. The van der Waals surface area contributed by atoms with Crippen LogP contribution in [0.2, 0.25) is 0 Å². The highest BCUT2D eigenvalue weighted by molar-refractivity contribution is 5.93. The highest BCUT2D eigenvalue weighted by atomic mass is 16.6. The second-order valence-corrected chi connectivity index (χ2v) is 4.90. The predicted molar refractivity (Wildman–Crippen MR) is 73.6 cm³/mol. The Kier molecular flexibility index (Phi) is 4.19. The lowest BCUT2D eigenvalue weighted by molar-refractivity contribution is -0.384. The molecule has 1 atom stereocenters. The van der Waals surface area contributed by atoms with E-state index in [0.29, 0.717) is 11.7 Å². The number of rotatable bonds is 6. The SMILES string of the molecule is COc1ccc([N+](=O)[O-])cc1NC(=O)CC(N)C1CC1. The van der Waals surface area contributed by atoms with Crippen LogP contribution in [0.4, 0.5) is 11.4 Å². The van der Waals surface area contributed by atoms with Crippen LogP contribution in [0, 0.1) is 16.0 Å². The Labute approximate surface area is 116 Å². The first kappa shape index (κ1) is 14.3. The number of hydrogen-bond acceptors (Lipinski definition) is 5. The number of nitro benzene ring substituents is 1. The molecule has 7 heteroatoms. The zero-order chi connectivity index (χ0) is 14.7. The third-order valence-electron chi connectivity index (χ3n) is 3.32. The van der Waals surface area contributed by atoms with E-state index < -0.39 is 4.92 Å². The van der Waals surface area contributed by atoms with Gasteiger partial charge in [-0.15, -0.1) is 0 Å². The van der Waals surface area contributed by atoms with Crippen molar-refractivity contribution in [3.63, 3.8) is 0 Å². The number of carbonyl (C=O) groups excluding carboxylic acids is 1. The first-order chi connectivity index (χ1) is 9.51. The Hall–Kier alpha value is -2.15. The first-order valence-electron chi connectivity index (χ1n) is 6.39. The van der Waals surface area contributed by atoms with Gasteiger partial charge in [0.05, 0.1) is 17.7 Å². The number of anilines is 1. The summed E-state index contributed by atoms with van der Waals surface area (Å²) in [4.78, 5) is 22.1. The minimum absolute atomic E-state index is 0.104. The zero-order valence-corrected chi connectivity index (χ0v) is 11.2. The second kappa shape index (κ2) is 5.87. The molecule has 1 aliphatic rings. The van der Waals surface area contributed by atoms with E-state index in [1.54, 1.807) is 0 Å². The summed E-state index contributed by atoms with van der Waals surface area (Å²) >= 11 is 0. The van der Waals surface area contributed by atoms with Crippen LogP contribution in [-0.2, 0) is 4.79 Å². The lowest BCUT2D eigenvalue weighted by atomic mass is 10.1. The average molecular weight is 279 g/mol. The van der Waals surface area contributed by atoms with Crippen molar-refractivity contribution in [2.24, 2.45) is 11.7 Å². The second-order valence-electron chi connectivity index (χ2n) is 4.90. The monoisotopic (exact) mass is 279 g/mol. The quantitative estimate of drug-likeness (QED) is 0.608. The molecule has 0 spiro atoms. The molecule has 0 aliphatic heterocycles. The standard InChI is InChI=1S/C13H17N3O4/c1-20-12-5-4-9(16(18)19)6-11(12)15-13(17)7-10(14)8-2-3-8/h4-6,8,10H,2-3,7,14H2,1H3,(H,15,17). The summed E-state index contributed by atoms with van der Waals surface area (Å²) in [6.07, 6.45) is 2.33. The number of methoxy groups -OCH3 is 1. The number of nitrogens with zero attached hydrogens (tertiary/aromatic N) is 1. The maximum absolute atomic E-state index is 11.9. The molecule has 7 nitrogen and oxygen atoms in total. The summed E-state index contributed by atoms with van der Waals surface area (Å²) < 4.78 is 5.08. The van der Waals surface area contributed by atoms with E-state index in [2.05, 4.69) is 5.32 Å². The van der Waals surface area contributed by atoms with Crippen molar-refractivity contribution in [3.05, 3.63) is 28.3 Å². The highest BCUT2D eigenvalue weighted by Crippen LogP contribution is 2.33. The number of non-ortho nitro benzene ring substituents is 1. The molecule has 0 saturated heterocycles. The fourth-order valence-electron chi connectivity index (χ4n) is 2.01. The molecule has 2 rings (SSSR count). The van der Waals surface area contributed by atoms with Crippen LogP contribution in [0.5, 0.6) is 5.75 Å². The summed E-state index contributed by atoms with van der Waals surface area (Å²) in [6.45, 7) is 0. The molecule has 1 saturated carbocycles. The average Bonchev–Trinajstić information content (AvgIpc) is 3.22. The number of amides is 1. The molecule has 0 bridgehead atoms. The van der Waals surface area contributed by atoms with E-state index in [-0.39, 0.29) is 29.7 Å². The molecule has 1 amide bonds. The molecule has 1 unspecified atom stereocenters. The summed E-state index contributed by atoms with van der Waals surface area (Å²) in [6, 6.07) is 3.90. The van der Waals surface area contributed by atoms with Crippen LogP contribution < -0.4 is 15.8 Å². The first-order valence-corrected chi connectivity index (χ1v) is 6.39. The maximum atomic E-state index is 11.9. The van der Waals surface area contributed by atoms with Gasteiger partial charge in [0.15, 0.2) is 0 Å². The van der Waals surface area contributed by atoms with Crippen molar-refractivity contribution >= 4 is 17.3 Å². The van der Waals surface area contributed by atoms with Crippen LogP contribution in [0.3, 0.4) is 0 Å². The lowest BCUT2D eigenvalue weighted by Gasteiger charge is -2.12. The van der Waals surface area contributed by atoms with Crippen LogP contribution in [0.15, 0.2) is 18.2 Å². The fraction of sp³-hybridized carbons (Fsp3) is 0.462. The zero-order valence-electron chi connectivity index (χ0n) is 11.2. The molecule has 0 heterocycles. The summed E-state index contributed by atoms with van der Waals surface area (Å²) in [7, 11) is 1.44. The molecule has 20 heavy (non-hydrogen) atoms. The molecule has 1 aliphatic carbocycles. The molecular weight excluding hydrogens is 262 g/mol. The maximum Gasteiger partial charge on any atom is 0.271 e. The van der Waals surface area contributed by atoms with Gasteiger partial charge < -0.3 is 15.8 Å². The molecule has 1 fully saturated rings. The van der Waals surface area contributed by atoms with Crippen molar-refractivity contribution in [2.45, 2.75) is 25.3 Å². The topological polar surface area (TPSA) is 107 Å². The van der Waals surface area contributed by atoms with Gasteiger partial charge in [-0.05, 0) is 24.8 Å². The Bertz CT molecular complexity index is 528. The van der Waals surface area contributed by atoms with Crippen molar-refractivity contribution < 1.29 is 14.5 Å². The van der Waals surface area contributed by atoms with E-state index in [1.165, 1.54) is 25.3 Å². The number of nitro groups is 1. The Morgan fingerprint density at radius 1 is 1.60 bits per heavy atom. The van der Waals surface area contributed by atoms with Crippen molar-refractivity contribution in [2.75, 3.05) is 12.4 Å². The Morgan fingerprint density at radius 2 is 2.30 bits per heavy atom. The summed E-state index contributed by atoms with van der Waals surface area (Å²) in [5.41, 5.74) is 6.06. The van der Waals surface area contributed by atoms with E-state index in [1.807, 2.05) is 0 Å². The fourth-order valence-corrected chi connectivity index (χ4v) is 2.01. The minimum Gasteiger partial charge on any atom is -0.495 e. The smallest absolute Gasteiger partial charge is 0.271 e. The van der Waals surface area contributed by atoms with Crippen LogP contribution in [0.25, 0.3) is 0 Å². The normalized spacial score (nSPS) is 15.5. The summed E-state index contributed by atoms with van der Waals surface area (Å²) in [5.74, 6) is 0.542. The number of nitrogens with one attached hydrogen (secondary N) is 1. The van der Waals surface area contributed by atoms with E-state index in [4.69, 9.17) is 10.5 Å². The van der Waals surface area contributed by atoms with Gasteiger partial charge >= 0.3 is 0 Å². The van der Waals surface area contributed by atoms with Gasteiger partial charge in [-0.1, -0.05) is 0 Å². The molecule has 1 aromatic carbocycles. The number of hydrogen-bond donors (Lipinski definition) is 2. The predicted octanol–water partition coefficient (Wildman–Crippen LogP) is 1.67. The number of ether oxygens (including phenoxy) is 1. The largest absolute Gasteiger partial charge is 0.495 e. The van der Waals surface area contributed by atoms with Crippen molar-refractivity contribution in [1.82, 2.24) is 0 Å². The van der Waals surface area contributed by atoms with Gasteiger partial charge in [-0.2, -0.15) is 0 Å². The minimum atomic E-state index is -0.523. The number of benzene rings is 1. The molecule has 0 aromatic heterocycles. The lowest BCUT2D eigenvalue weighted by Crippen LogP contribution is -2.28. The molecule has 1 aromatic rings.